The quantitative estimate of drug-likeness (QED) is 0.676. The molecule has 2 aromatic rings. The van der Waals surface area contributed by atoms with Crippen molar-refractivity contribution < 1.29 is 9.72 Å². The first-order valence-corrected chi connectivity index (χ1v) is 6.74. The zero-order chi connectivity index (χ0) is 16.1. The van der Waals surface area contributed by atoms with Crippen LogP contribution in [0, 0.1) is 10.1 Å². The number of hydrogen-bond donors (Lipinski definition) is 1. The summed E-state index contributed by atoms with van der Waals surface area (Å²) in [5.41, 5.74) is -0.0557. The van der Waals surface area contributed by atoms with Crippen LogP contribution in [0.25, 0.3) is 0 Å². The first kappa shape index (κ1) is 15.7. The predicted molar refractivity (Wildman–Crippen MR) is 82.1 cm³/mol. The van der Waals surface area contributed by atoms with Gasteiger partial charge in [0.1, 0.15) is 0 Å². The number of pyridine rings is 1. The van der Waals surface area contributed by atoms with E-state index in [1.165, 1.54) is 0 Å². The van der Waals surface area contributed by atoms with Gasteiger partial charge < -0.3 is 9.88 Å². The summed E-state index contributed by atoms with van der Waals surface area (Å²) in [4.78, 5) is 33.5. The number of nitrogens with one attached hydrogen (secondary N) is 1. The number of nitrogens with zero attached hydrogens (tertiary/aromatic N) is 2. The number of amides is 1. The third kappa shape index (κ3) is 4.16. The second-order valence-electron chi connectivity index (χ2n) is 4.48. The van der Waals surface area contributed by atoms with E-state index in [0.717, 1.165) is 22.9 Å². The van der Waals surface area contributed by atoms with Gasteiger partial charge in [0.05, 0.1) is 11.1 Å². The number of aryl methyl sites for hydroxylation is 1. The van der Waals surface area contributed by atoms with E-state index in [2.05, 4.69) is 5.32 Å². The first-order valence-electron chi connectivity index (χ1n) is 6.36. The van der Waals surface area contributed by atoms with Gasteiger partial charge in [-0.1, -0.05) is 17.7 Å². The van der Waals surface area contributed by atoms with Crippen molar-refractivity contribution in [3.63, 3.8) is 0 Å². The third-order valence-electron chi connectivity index (χ3n) is 2.87. The molecule has 1 N–H and O–H groups in total. The van der Waals surface area contributed by atoms with Crippen LogP contribution in [0.3, 0.4) is 0 Å². The second kappa shape index (κ2) is 6.86. The minimum absolute atomic E-state index is 0.00753. The van der Waals surface area contributed by atoms with Crippen LogP contribution >= 0.6 is 11.6 Å². The Morgan fingerprint density at radius 2 is 2.09 bits per heavy atom. The third-order valence-corrected chi connectivity index (χ3v) is 3.10. The Kier molecular flexibility index (Phi) is 4.90. The lowest BCUT2D eigenvalue weighted by Crippen LogP contribution is -2.22. The molecule has 0 aliphatic rings. The van der Waals surface area contributed by atoms with Crippen molar-refractivity contribution in [2.24, 2.45) is 0 Å². The van der Waals surface area contributed by atoms with Crippen molar-refractivity contribution >= 4 is 28.9 Å². The molecule has 0 bridgehead atoms. The van der Waals surface area contributed by atoms with Crippen molar-refractivity contribution in [2.45, 2.75) is 13.0 Å². The van der Waals surface area contributed by atoms with Gasteiger partial charge >= 0.3 is 0 Å². The Bertz CT molecular complexity index is 773. The van der Waals surface area contributed by atoms with Crippen LogP contribution < -0.4 is 10.9 Å². The van der Waals surface area contributed by atoms with Crippen LogP contribution in [-0.4, -0.2) is 15.4 Å². The Hall–Kier alpha value is -2.67. The summed E-state index contributed by atoms with van der Waals surface area (Å²) in [5.74, 6) is -0.319. The van der Waals surface area contributed by atoms with Crippen molar-refractivity contribution in [3.05, 3.63) is 68.1 Å². The van der Waals surface area contributed by atoms with Gasteiger partial charge in [-0.3, -0.25) is 19.7 Å². The largest absolute Gasteiger partial charge is 0.326 e. The molecule has 0 saturated heterocycles. The summed E-state index contributed by atoms with van der Waals surface area (Å²) in [6.07, 6.45) is 1.13. The van der Waals surface area contributed by atoms with E-state index in [1.54, 1.807) is 24.3 Å². The summed E-state index contributed by atoms with van der Waals surface area (Å²) in [6, 6.07) is 8.89. The van der Waals surface area contributed by atoms with Crippen molar-refractivity contribution in [1.29, 1.82) is 0 Å². The normalized spacial score (nSPS) is 10.2. The van der Waals surface area contributed by atoms with E-state index in [-0.39, 0.29) is 24.6 Å². The molecule has 0 saturated carbocycles. The molecule has 8 heteroatoms. The molecule has 0 radical (unpaired) electrons. The van der Waals surface area contributed by atoms with Gasteiger partial charge in [-0.05, 0) is 18.2 Å². The Morgan fingerprint density at radius 3 is 2.77 bits per heavy atom. The van der Waals surface area contributed by atoms with Crippen LogP contribution in [0.15, 0.2) is 47.4 Å². The van der Waals surface area contributed by atoms with Crippen molar-refractivity contribution in [2.75, 3.05) is 5.32 Å². The van der Waals surface area contributed by atoms with E-state index in [4.69, 9.17) is 11.6 Å². The molecule has 1 heterocycles. The number of nitro groups is 1. The molecule has 1 amide bonds. The van der Waals surface area contributed by atoms with Crippen LogP contribution in [0.4, 0.5) is 11.4 Å². The highest BCUT2D eigenvalue weighted by Gasteiger charge is 2.09. The SMILES string of the molecule is O=C(CCn1cc([N+](=O)[O-])ccc1=O)Nc1cccc(Cl)c1. The monoisotopic (exact) mass is 321 g/mol. The molecule has 1 aromatic heterocycles. The van der Waals surface area contributed by atoms with Gasteiger partial charge in [0.15, 0.2) is 0 Å². The van der Waals surface area contributed by atoms with Gasteiger partial charge in [-0.2, -0.15) is 0 Å². The molecule has 0 aliphatic heterocycles. The summed E-state index contributed by atoms with van der Waals surface area (Å²) in [7, 11) is 0. The Labute approximate surface area is 130 Å². The Morgan fingerprint density at radius 1 is 1.32 bits per heavy atom. The van der Waals surface area contributed by atoms with E-state index in [9.17, 15) is 19.7 Å². The molecular formula is C14H12ClN3O4. The molecule has 7 nitrogen and oxygen atoms in total. The lowest BCUT2D eigenvalue weighted by atomic mass is 10.3. The number of carbonyl (C=O) groups is 1. The zero-order valence-corrected chi connectivity index (χ0v) is 12.1. The smallest absolute Gasteiger partial charge is 0.285 e. The van der Waals surface area contributed by atoms with Crippen molar-refractivity contribution in [1.82, 2.24) is 4.57 Å². The van der Waals surface area contributed by atoms with Gasteiger partial charge in [-0.25, -0.2) is 0 Å². The topological polar surface area (TPSA) is 94.2 Å². The fraction of sp³-hybridized carbons (Fsp3) is 0.143. The van der Waals surface area contributed by atoms with E-state index in [1.807, 2.05) is 0 Å². The average Bonchev–Trinajstić information content (AvgIpc) is 2.46. The maximum Gasteiger partial charge on any atom is 0.285 e. The van der Waals surface area contributed by atoms with Gasteiger partial charge in [0, 0.05) is 35.8 Å². The number of halogens is 1. The number of carbonyl (C=O) groups excluding carboxylic acids is 1. The van der Waals surface area contributed by atoms with Crippen LogP contribution in [0.1, 0.15) is 6.42 Å². The molecule has 114 valence electrons. The number of rotatable bonds is 5. The molecule has 1 aromatic carbocycles. The maximum absolute atomic E-state index is 11.8. The fourth-order valence-electron chi connectivity index (χ4n) is 1.81. The molecular weight excluding hydrogens is 310 g/mol. The zero-order valence-electron chi connectivity index (χ0n) is 11.4. The molecule has 0 unspecified atom stereocenters. The molecule has 0 aliphatic carbocycles. The second-order valence-corrected chi connectivity index (χ2v) is 4.92. The van der Waals surface area contributed by atoms with Crippen LogP contribution in [0.2, 0.25) is 5.02 Å². The number of hydrogen-bond acceptors (Lipinski definition) is 4. The van der Waals surface area contributed by atoms with Crippen LogP contribution in [-0.2, 0) is 11.3 Å². The summed E-state index contributed by atoms with van der Waals surface area (Å²) in [6.45, 7) is 0.0485. The Balaban J connectivity index is 2.01. The highest BCUT2D eigenvalue weighted by Crippen LogP contribution is 2.15. The predicted octanol–water partition coefficient (Wildman–Crippen LogP) is 2.44. The minimum atomic E-state index is -0.595. The van der Waals surface area contributed by atoms with Crippen LogP contribution in [0.5, 0.6) is 0 Å². The van der Waals surface area contributed by atoms with E-state index in [0.29, 0.717) is 10.7 Å². The standard InChI is InChI=1S/C14H12ClN3O4/c15-10-2-1-3-11(8-10)16-13(19)6-7-17-9-12(18(21)22)4-5-14(17)20/h1-5,8-9H,6-7H2,(H,16,19). The minimum Gasteiger partial charge on any atom is -0.326 e. The number of benzene rings is 1. The van der Waals surface area contributed by atoms with Gasteiger partial charge in [0.25, 0.3) is 11.2 Å². The van der Waals surface area contributed by atoms with E-state index < -0.39 is 10.5 Å². The van der Waals surface area contributed by atoms with Gasteiger partial charge in [-0.15, -0.1) is 0 Å². The summed E-state index contributed by atoms with van der Waals surface area (Å²) < 4.78 is 1.13. The fourth-order valence-corrected chi connectivity index (χ4v) is 2.00. The summed E-state index contributed by atoms with van der Waals surface area (Å²) in [5, 5.41) is 13.8. The highest BCUT2D eigenvalue weighted by atomic mass is 35.5. The average molecular weight is 322 g/mol. The molecule has 0 fully saturated rings. The lowest BCUT2D eigenvalue weighted by Gasteiger charge is -2.07. The lowest BCUT2D eigenvalue weighted by molar-refractivity contribution is -0.385. The highest BCUT2D eigenvalue weighted by molar-refractivity contribution is 6.30. The summed E-state index contributed by atoms with van der Waals surface area (Å²) >= 11 is 5.81. The maximum atomic E-state index is 11.8. The first-order chi connectivity index (χ1) is 10.5. The molecule has 0 spiro atoms. The molecule has 0 atom stereocenters. The van der Waals surface area contributed by atoms with Gasteiger partial charge in [0.2, 0.25) is 5.91 Å². The van der Waals surface area contributed by atoms with Crippen molar-refractivity contribution in [3.8, 4) is 0 Å². The number of aromatic nitrogens is 1. The molecule has 2 rings (SSSR count). The number of anilines is 1. The van der Waals surface area contributed by atoms with E-state index >= 15 is 0 Å². The molecule has 22 heavy (non-hydrogen) atoms.